The van der Waals surface area contributed by atoms with Crippen LogP contribution in [0.25, 0.3) is 16.9 Å². The Bertz CT molecular complexity index is 1050. The molecule has 0 aliphatic carbocycles. The molecule has 0 saturated heterocycles. The van der Waals surface area contributed by atoms with Gasteiger partial charge in [-0.2, -0.15) is 0 Å². The fourth-order valence-corrected chi connectivity index (χ4v) is 3.09. The lowest BCUT2D eigenvalue weighted by Crippen LogP contribution is -2.25. The first kappa shape index (κ1) is 18.9. The highest BCUT2D eigenvalue weighted by Gasteiger charge is 2.17. The summed E-state index contributed by atoms with van der Waals surface area (Å²) in [5.41, 5.74) is 1.45. The molecule has 6 nitrogen and oxygen atoms in total. The molecule has 1 amide bonds. The van der Waals surface area contributed by atoms with Gasteiger partial charge >= 0.3 is 0 Å². The van der Waals surface area contributed by atoms with Crippen LogP contribution in [0, 0.1) is 0 Å². The van der Waals surface area contributed by atoms with Gasteiger partial charge in [0.1, 0.15) is 5.69 Å². The zero-order valence-electron chi connectivity index (χ0n) is 15.1. The van der Waals surface area contributed by atoms with Gasteiger partial charge in [-0.3, -0.25) is 18.6 Å². The van der Waals surface area contributed by atoms with Crippen molar-refractivity contribution in [3.8, 4) is 11.3 Å². The number of nitrogens with zero attached hydrogens (tertiary/aromatic N) is 3. The molecule has 0 radical (unpaired) electrons. The number of amides is 1. The summed E-state index contributed by atoms with van der Waals surface area (Å²) in [6.45, 7) is 6.66. The van der Waals surface area contributed by atoms with E-state index in [4.69, 9.17) is 11.6 Å². The first-order chi connectivity index (χ1) is 13.1. The van der Waals surface area contributed by atoms with Gasteiger partial charge in [0.05, 0.1) is 5.69 Å². The highest BCUT2D eigenvalue weighted by atomic mass is 35.5. The maximum absolute atomic E-state index is 13.0. The van der Waals surface area contributed by atoms with Crippen molar-refractivity contribution < 1.29 is 4.79 Å². The number of benzene rings is 1. The molecule has 1 N–H and O–H groups in total. The summed E-state index contributed by atoms with van der Waals surface area (Å²) in [5.74, 6) is -0.291. The van der Waals surface area contributed by atoms with E-state index in [0.717, 1.165) is 18.4 Å². The monoisotopic (exact) mass is 384 g/mol. The first-order valence-electron chi connectivity index (χ1n) is 8.83. The normalized spacial score (nSPS) is 10.9. The summed E-state index contributed by atoms with van der Waals surface area (Å²) < 4.78 is 3.13. The molecular weight excluding hydrogens is 364 g/mol. The van der Waals surface area contributed by atoms with Crippen LogP contribution in [0.1, 0.15) is 30.3 Å². The second-order valence-electron chi connectivity index (χ2n) is 6.17. The van der Waals surface area contributed by atoms with Crippen molar-refractivity contribution in [3.05, 3.63) is 70.4 Å². The van der Waals surface area contributed by atoms with E-state index in [1.807, 2.05) is 18.2 Å². The summed E-state index contributed by atoms with van der Waals surface area (Å²) in [6, 6.07) is 7.30. The molecule has 27 heavy (non-hydrogen) atoms. The van der Waals surface area contributed by atoms with E-state index < -0.39 is 0 Å². The van der Waals surface area contributed by atoms with Gasteiger partial charge in [0.2, 0.25) is 5.65 Å². The molecule has 2 heterocycles. The number of nitrogens with one attached hydrogen (secondary N) is 1. The number of unbranched alkanes of at least 4 members (excludes halogenated alkanes) is 1. The Labute approximate surface area is 162 Å². The second kappa shape index (κ2) is 8.22. The molecule has 0 unspecified atom stereocenters. The minimum absolute atomic E-state index is 0.188. The number of halogens is 1. The molecule has 0 aliphatic rings. The number of carbonyl (C=O) groups is 1. The molecule has 2 aromatic heterocycles. The lowest BCUT2D eigenvalue weighted by atomic mass is 10.1. The predicted octanol–water partition coefficient (Wildman–Crippen LogP) is 3.53. The SMILES string of the molecule is C=CCn1c(-c2ccccc2Cl)cn2cc(C(=O)NCCCC)nc2c1=O. The summed E-state index contributed by atoms with van der Waals surface area (Å²) in [5, 5.41) is 3.35. The quantitative estimate of drug-likeness (QED) is 0.500. The van der Waals surface area contributed by atoms with Crippen molar-refractivity contribution >= 4 is 23.2 Å². The van der Waals surface area contributed by atoms with Crippen LogP contribution in [0.3, 0.4) is 0 Å². The standard InChI is InChI=1S/C20H21ClN4O2/c1-3-5-10-22-19(26)16-12-24-13-17(14-8-6-7-9-15(14)21)25(11-4-2)20(27)18(24)23-16/h4,6-9,12-13H,2-3,5,10-11H2,1H3,(H,22,26). The van der Waals surface area contributed by atoms with E-state index in [1.54, 1.807) is 33.5 Å². The van der Waals surface area contributed by atoms with Crippen molar-refractivity contribution in [2.24, 2.45) is 0 Å². The summed E-state index contributed by atoms with van der Waals surface area (Å²) in [6.07, 6.45) is 6.84. The third kappa shape index (κ3) is 3.80. The molecule has 0 spiro atoms. The highest BCUT2D eigenvalue weighted by Crippen LogP contribution is 2.27. The van der Waals surface area contributed by atoms with E-state index in [2.05, 4.69) is 23.8 Å². The van der Waals surface area contributed by atoms with Gasteiger partial charge < -0.3 is 5.32 Å². The molecule has 0 saturated carbocycles. The van der Waals surface area contributed by atoms with Crippen LogP contribution in [0.4, 0.5) is 0 Å². The molecular formula is C20H21ClN4O2. The number of hydrogen-bond acceptors (Lipinski definition) is 3. The summed E-state index contributed by atoms with van der Waals surface area (Å²) >= 11 is 6.33. The van der Waals surface area contributed by atoms with Crippen LogP contribution < -0.4 is 10.9 Å². The fourth-order valence-electron chi connectivity index (χ4n) is 2.85. The minimum atomic E-state index is -0.306. The fraction of sp³-hybridized carbons (Fsp3) is 0.250. The van der Waals surface area contributed by atoms with Crippen molar-refractivity contribution in [1.29, 1.82) is 0 Å². The zero-order valence-corrected chi connectivity index (χ0v) is 15.9. The third-order valence-corrected chi connectivity index (χ3v) is 4.56. The largest absolute Gasteiger partial charge is 0.351 e. The van der Waals surface area contributed by atoms with Gasteiger partial charge in [-0.1, -0.05) is 49.2 Å². The highest BCUT2D eigenvalue weighted by molar-refractivity contribution is 6.33. The van der Waals surface area contributed by atoms with E-state index >= 15 is 0 Å². The van der Waals surface area contributed by atoms with Gasteiger partial charge in [0, 0.05) is 36.1 Å². The molecule has 3 aromatic rings. The molecule has 140 valence electrons. The molecule has 1 aromatic carbocycles. The van der Waals surface area contributed by atoms with E-state index in [9.17, 15) is 9.59 Å². The topological polar surface area (TPSA) is 68.4 Å². The van der Waals surface area contributed by atoms with Crippen molar-refractivity contribution in [2.75, 3.05) is 6.54 Å². The summed E-state index contributed by atoms with van der Waals surface area (Å²) in [4.78, 5) is 29.5. The van der Waals surface area contributed by atoms with Gasteiger partial charge in [0.25, 0.3) is 11.5 Å². The van der Waals surface area contributed by atoms with E-state index in [1.165, 1.54) is 0 Å². The number of rotatable bonds is 7. The van der Waals surface area contributed by atoms with Crippen molar-refractivity contribution in [3.63, 3.8) is 0 Å². The van der Waals surface area contributed by atoms with Crippen molar-refractivity contribution in [2.45, 2.75) is 26.3 Å². The Morgan fingerprint density at radius 2 is 2.11 bits per heavy atom. The lowest BCUT2D eigenvalue weighted by molar-refractivity contribution is 0.0949. The smallest absolute Gasteiger partial charge is 0.295 e. The predicted molar refractivity (Wildman–Crippen MR) is 107 cm³/mol. The molecule has 0 atom stereocenters. The van der Waals surface area contributed by atoms with Gasteiger partial charge in [-0.05, 0) is 12.5 Å². The van der Waals surface area contributed by atoms with Gasteiger partial charge in [-0.25, -0.2) is 4.98 Å². The second-order valence-corrected chi connectivity index (χ2v) is 6.57. The number of aromatic nitrogens is 3. The Morgan fingerprint density at radius 1 is 1.33 bits per heavy atom. The Morgan fingerprint density at radius 3 is 2.81 bits per heavy atom. The zero-order chi connectivity index (χ0) is 19.4. The van der Waals surface area contributed by atoms with Crippen LogP contribution in [0.15, 0.2) is 54.1 Å². The first-order valence-corrected chi connectivity index (χ1v) is 9.21. The van der Waals surface area contributed by atoms with Gasteiger partial charge in [-0.15, -0.1) is 6.58 Å². The molecule has 0 bridgehead atoms. The number of hydrogen-bond donors (Lipinski definition) is 1. The Balaban J connectivity index is 2.13. The average Bonchev–Trinajstić information content (AvgIpc) is 3.09. The van der Waals surface area contributed by atoms with Crippen LogP contribution in [0.5, 0.6) is 0 Å². The number of carbonyl (C=O) groups excluding carboxylic acids is 1. The van der Waals surface area contributed by atoms with Crippen LogP contribution in [0.2, 0.25) is 5.02 Å². The number of fused-ring (bicyclic) bond motifs is 1. The maximum atomic E-state index is 13.0. The summed E-state index contributed by atoms with van der Waals surface area (Å²) in [7, 11) is 0. The number of imidazole rings is 1. The van der Waals surface area contributed by atoms with Gasteiger partial charge in [0.15, 0.2) is 0 Å². The number of allylic oxidation sites excluding steroid dienone is 1. The molecule has 0 fully saturated rings. The average molecular weight is 385 g/mol. The molecule has 3 rings (SSSR count). The van der Waals surface area contributed by atoms with E-state index in [0.29, 0.717) is 23.8 Å². The van der Waals surface area contributed by atoms with Crippen molar-refractivity contribution in [1.82, 2.24) is 19.3 Å². The Hall–Kier alpha value is -2.86. The minimum Gasteiger partial charge on any atom is -0.351 e. The lowest BCUT2D eigenvalue weighted by Gasteiger charge is -2.13. The third-order valence-electron chi connectivity index (χ3n) is 4.23. The maximum Gasteiger partial charge on any atom is 0.295 e. The van der Waals surface area contributed by atoms with Crippen LogP contribution in [-0.2, 0) is 6.54 Å². The molecule has 0 aliphatic heterocycles. The molecule has 7 heteroatoms. The van der Waals surface area contributed by atoms with E-state index in [-0.39, 0.29) is 22.8 Å². The Kier molecular flexibility index (Phi) is 5.76. The van der Waals surface area contributed by atoms with Crippen LogP contribution in [-0.4, -0.2) is 26.4 Å². The van der Waals surface area contributed by atoms with Crippen LogP contribution >= 0.6 is 11.6 Å².